The van der Waals surface area contributed by atoms with Crippen LogP contribution in [0, 0.1) is 0 Å². The van der Waals surface area contributed by atoms with Crippen molar-refractivity contribution in [3.63, 3.8) is 0 Å². The number of unbranched alkanes of at least 4 members (excludes halogenated alkanes) is 1. The molecule has 0 aliphatic carbocycles. The summed E-state index contributed by atoms with van der Waals surface area (Å²) in [6.07, 6.45) is 1.21. The van der Waals surface area contributed by atoms with E-state index >= 15 is 0 Å². The Bertz CT molecular complexity index is 504. The van der Waals surface area contributed by atoms with Crippen molar-refractivity contribution in [2.75, 3.05) is 6.54 Å². The molecule has 130 valence electrons. The summed E-state index contributed by atoms with van der Waals surface area (Å²) in [7, 11) is 0. The minimum atomic E-state index is -1.62. The van der Waals surface area contributed by atoms with Gasteiger partial charge in [0.15, 0.2) is 0 Å². The lowest BCUT2D eigenvalue weighted by molar-refractivity contribution is 0.0929. The monoisotopic (exact) mass is 378 g/mol. The van der Waals surface area contributed by atoms with Crippen molar-refractivity contribution in [3.05, 3.63) is 35.4 Å². The zero-order valence-electron chi connectivity index (χ0n) is 14.1. The Labute approximate surface area is 154 Å². The van der Waals surface area contributed by atoms with Gasteiger partial charge in [-0.05, 0) is 36.1 Å². The first-order valence-electron chi connectivity index (χ1n) is 7.77. The van der Waals surface area contributed by atoms with E-state index in [4.69, 9.17) is 34.8 Å². The van der Waals surface area contributed by atoms with Crippen molar-refractivity contribution in [1.82, 2.24) is 10.6 Å². The summed E-state index contributed by atoms with van der Waals surface area (Å²) in [6.45, 7) is 9.11. The molecular weight excluding hydrogens is 355 g/mol. The Kier molecular flexibility index (Phi) is 7.66. The van der Waals surface area contributed by atoms with E-state index in [1.54, 1.807) is 12.1 Å². The third kappa shape index (κ3) is 6.88. The second-order valence-electron chi connectivity index (χ2n) is 6.58. The number of halogens is 3. The molecule has 0 spiro atoms. The van der Waals surface area contributed by atoms with Gasteiger partial charge in [-0.3, -0.25) is 10.1 Å². The molecule has 23 heavy (non-hydrogen) atoms. The molecule has 0 radical (unpaired) electrons. The van der Waals surface area contributed by atoms with Gasteiger partial charge >= 0.3 is 0 Å². The van der Waals surface area contributed by atoms with Gasteiger partial charge in [0.05, 0.1) is 0 Å². The number of alkyl halides is 3. The maximum atomic E-state index is 12.4. The summed E-state index contributed by atoms with van der Waals surface area (Å²) in [6, 6.07) is 7.47. The van der Waals surface area contributed by atoms with E-state index in [2.05, 4.69) is 38.3 Å². The van der Waals surface area contributed by atoms with Crippen LogP contribution in [0.15, 0.2) is 24.3 Å². The Hall–Kier alpha value is -0.480. The third-order valence-corrected chi connectivity index (χ3v) is 4.15. The van der Waals surface area contributed by atoms with Gasteiger partial charge in [0.1, 0.15) is 6.17 Å². The van der Waals surface area contributed by atoms with Crippen LogP contribution >= 0.6 is 34.8 Å². The van der Waals surface area contributed by atoms with Gasteiger partial charge in [-0.2, -0.15) is 0 Å². The lowest BCUT2D eigenvalue weighted by Crippen LogP contribution is -2.53. The molecule has 1 rings (SSSR count). The number of benzene rings is 1. The zero-order valence-corrected chi connectivity index (χ0v) is 16.3. The number of carbonyl (C=O) groups excluding carboxylic acids is 1. The Morgan fingerprint density at radius 1 is 1.13 bits per heavy atom. The van der Waals surface area contributed by atoms with E-state index in [0.717, 1.165) is 18.4 Å². The van der Waals surface area contributed by atoms with E-state index in [1.807, 2.05) is 12.1 Å². The average molecular weight is 380 g/mol. The smallest absolute Gasteiger partial charge is 0.252 e. The van der Waals surface area contributed by atoms with Gasteiger partial charge in [-0.25, -0.2) is 0 Å². The second kappa shape index (κ2) is 8.57. The van der Waals surface area contributed by atoms with Crippen LogP contribution in [0.4, 0.5) is 0 Å². The molecule has 0 heterocycles. The van der Waals surface area contributed by atoms with Gasteiger partial charge in [0.25, 0.3) is 5.91 Å². The standard InChI is InChI=1S/C17H25Cl3N2O/c1-5-6-11-21-15(17(18,19)20)22-14(23)12-7-9-13(10-8-12)16(2,3)4/h7-10,15,21H,5-6,11H2,1-4H3,(H,22,23). The minimum absolute atomic E-state index is 0.0385. The van der Waals surface area contributed by atoms with Gasteiger partial charge < -0.3 is 5.32 Å². The van der Waals surface area contributed by atoms with Crippen LogP contribution in [0.1, 0.15) is 56.5 Å². The molecule has 0 aromatic heterocycles. The van der Waals surface area contributed by atoms with Gasteiger partial charge in [0, 0.05) is 5.56 Å². The van der Waals surface area contributed by atoms with E-state index in [9.17, 15) is 4.79 Å². The summed E-state index contributed by atoms with van der Waals surface area (Å²) in [4.78, 5) is 12.4. The number of carbonyl (C=O) groups is 1. The number of nitrogens with one attached hydrogen (secondary N) is 2. The number of amides is 1. The maximum absolute atomic E-state index is 12.4. The first-order valence-corrected chi connectivity index (χ1v) is 8.90. The average Bonchev–Trinajstić information content (AvgIpc) is 2.44. The van der Waals surface area contributed by atoms with Gasteiger partial charge in [-0.1, -0.05) is 81.1 Å². The maximum Gasteiger partial charge on any atom is 0.252 e. The van der Waals surface area contributed by atoms with Crippen LogP contribution in [0.3, 0.4) is 0 Å². The molecule has 1 amide bonds. The van der Waals surface area contributed by atoms with Crippen LogP contribution in [0.25, 0.3) is 0 Å². The van der Waals surface area contributed by atoms with Crippen molar-refractivity contribution in [2.24, 2.45) is 0 Å². The van der Waals surface area contributed by atoms with E-state index in [0.29, 0.717) is 12.1 Å². The largest absolute Gasteiger partial charge is 0.333 e. The molecule has 0 aliphatic heterocycles. The van der Waals surface area contributed by atoms with Gasteiger partial charge in [-0.15, -0.1) is 0 Å². The fourth-order valence-corrected chi connectivity index (χ4v) is 2.40. The SMILES string of the molecule is CCCCNC(NC(=O)c1ccc(C(C)(C)C)cc1)C(Cl)(Cl)Cl. The first-order chi connectivity index (χ1) is 10.6. The Morgan fingerprint density at radius 2 is 1.70 bits per heavy atom. The van der Waals surface area contributed by atoms with Crippen LogP contribution < -0.4 is 10.6 Å². The topological polar surface area (TPSA) is 41.1 Å². The molecule has 3 nitrogen and oxygen atoms in total. The fraction of sp³-hybridized carbons (Fsp3) is 0.588. The van der Waals surface area contributed by atoms with Crippen LogP contribution in [0.2, 0.25) is 0 Å². The molecule has 1 unspecified atom stereocenters. The van der Waals surface area contributed by atoms with Crippen LogP contribution in [0.5, 0.6) is 0 Å². The summed E-state index contributed by atoms with van der Waals surface area (Å²) >= 11 is 17.8. The molecular formula is C17H25Cl3N2O. The van der Waals surface area contributed by atoms with E-state index < -0.39 is 9.96 Å². The molecule has 2 N–H and O–H groups in total. The van der Waals surface area contributed by atoms with Crippen molar-refractivity contribution in [2.45, 2.75) is 55.9 Å². The second-order valence-corrected chi connectivity index (χ2v) is 8.95. The summed E-state index contributed by atoms with van der Waals surface area (Å²) in [5.74, 6) is -0.272. The molecule has 0 saturated heterocycles. The molecule has 1 aromatic rings. The zero-order chi connectivity index (χ0) is 17.7. The summed E-state index contributed by atoms with van der Waals surface area (Å²) < 4.78 is -1.62. The van der Waals surface area contributed by atoms with Crippen molar-refractivity contribution < 1.29 is 4.79 Å². The minimum Gasteiger partial charge on any atom is -0.333 e. The molecule has 1 atom stereocenters. The molecule has 0 bridgehead atoms. The van der Waals surface area contributed by atoms with Crippen molar-refractivity contribution in [1.29, 1.82) is 0 Å². The number of hydrogen-bond acceptors (Lipinski definition) is 2. The molecule has 0 fully saturated rings. The van der Waals surface area contributed by atoms with Gasteiger partial charge in [0.2, 0.25) is 3.79 Å². The molecule has 6 heteroatoms. The quantitative estimate of drug-likeness (QED) is 0.423. The van der Waals surface area contributed by atoms with Crippen LogP contribution in [-0.4, -0.2) is 22.4 Å². The third-order valence-electron chi connectivity index (χ3n) is 3.49. The van der Waals surface area contributed by atoms with Crippen molar-refractivity contribution >= 4 is 40.7 Å². The summed E-state index contributed by atoms with van der Waals surface area (Å²) in [5, 5.41) is 5.81. The number of rotatable bonds is 6. The molecule has 1 aromatic carbocycles. The van der Waals surface area contributed by atoms with E-state index in [1.165, 1.54) is 0 Å². The lowest BCUT2D eigenvalue weighted by atomic mass is 9.87. The molecule has 0 saturated carbocycles. The lowest BCUT2D eigenvalue weighted by Gasteiger charge is -2.27. The summed E-state index contributed by atoms with van der Waals surface area (Å²) in [5.41, 5.74) is 1.74. The van der Waals surface area contributed by atoms with E-state index in [-0.39, 0.29) is 11.3 Å². The molecule has 0 aliphatic rings. The highest BCUT2D eigenvalue weighted by Crippen LogP contribution is 2.29. The highest BCUT2D eigenvalue weighted by molar-refractivity contribution is 6.68. The van der Waals surface area contributed by atoms with Crippen molar-refractivity contribution in [3.8, 4) is 0 Å². The number of hydrogen-bond donors (Lipinski definition) is 2. The fourth-order valence-electron chi connectivity index (χ4n) is 2.01. The normalized spacial score (nSPS) is 13.7. The predicted molar refractivity (Wildman–Crippen MR) is 99.6 cm³/mol. The Balaban J connectivity index is 2.78. The van der Waals surface area contributed by atoms with Crippen LogP contribution in [-0.2, 0) is 5.41 Å². The highest BCUT2D eigenvalue weighted by Gasteiger charge is 2.33. The first kappa shape index (κ1) is 20.6. The Morgan fingerprint density at radius 3 is 2.13 bits per heavy atom. The predicted octanol–water partition coefficient (Wildman–Crippen LogP) is 4.80. The highest BCUT2D eigenvalue weighted by atomic mass is 35.6.